The third-order valence-electron chi connectivity index (χ3n) is 6.21. The van der Waals surface area contributed by atoms with Gasteiger partial charge in [-0.1, -0.05) is 39.5 Å². The van der Waals surface area contributed by atoms with Crippen molar-refractivity contribution in [3.05, 3.63) is 53.5 Å². The van der Waals surface area contributed by atoms with E-state index < -0.39 is 0 Å². The van der Waals surface area contributed by atoms with Gasteiger partial charge in [0.1, 0.15) is 17.8 Å². The number of benzene rings is 1. The van der Waals surface area contributed by atoms with Gasteiger partial charge in [-0.15, -0.1) is 0 Å². The molecule has 7 nitrogen and oxygen atoms in total. The first-order valence-corrected chi connectivity index (χ1v) is 14.1. The monoisotopic (exact) mass is 521 g/mol. The number of methoxy groups -OCH3 is 1. The second-order valence-corrected chi connectivity index (χ2v) is 9.93. The molecule has 1 unspecified atom stereocenters. The third-order valence-corrected chi connectivity index (χ3v) is 7.08. The summed E-state index contributed by atoms with van der Waals surface area (Å²) in [5.74, 6) is 2.84. The molecule has 1 aliphatic rings. The summed E-state index contributed by atoms with van der Waals surface area (Å²) in [4.78, 5) is 12.6. The van der Waals surface area contributed by atoms with Gasteiger partial charge in [-0.25, -0.2) is 0 Å². The van der Waals surface area contributed by atoms with Crippen molar-refractivity contribution in [2.24, 2.45) is 5.92 Å². The van der Waals surface area contributed by atoms with Gasteiger partial charge >= 0.3 is 0 Å². The first-order chi connectivity index (χ1) is 18.1. The Balaban J connectivity index is 0.00000186. The van der Waals surface area contributed by atoms with Gasteiger partial charge in [0.25, 0.3) is 0 Å². The van der Waals surface area contributed by atoms with Gasteiger partial charge in [0.2, 0.25) is 0 Å². The fraction of sp³-hybridized carbons (Fsp3) is 0.483. The predicted molar refractivity (Wildman–Crippen MR) is 151 cm³/mol. The van der Waals surface area contributed by atoms with Crippen LogP contribution in [0.25, 0.3) is 10.9 Å². The Hall–Kier alpha value is -2.86. The number of thioether (sulfide) groups is 1. The molecule has 37 heavy (non-hydrogen) atoms. The number of hydrogen-bond donors (Lipinski definition) is 1. The van der Waals surface area contributed by atoms with Crippen LogP contribution in [0.5, 0.6) is 11.5 Å². The molecule has 0 saturated carbocycles. The number of hydrogen-bond acceptors (Lipinski definition) is 8. The Bertz CT molecular complexity index is 1200. The maximum atomic E-state index is 9.70. The van der Waals surface area contributed by atoms with Crippen molar-refractivity contribution in [1.29, 1.82) is 5.26 Å². The molecule has 0 bridgehead atoms. The number of aromatic nitrogens is 2. The lowest BCUT2D eigenvalue weighted by atomic mass is 10.0. The van der Waals surface area contributed by atoms with Crippen LogP contribution in [0.2, 0.25) is 0 Å². The predicted octanol–water partition coefficient (Wildman–Crippen LogP) is 5.66. The van der Waals surface area contributed by atoms with E-state index in [1.165, 1.54) is 4.90 Å². The van der Waals surface area contributed by atoms with Crippen LogP contribution in [-0.4, -0.2) is 54.1 Å². The van der Waals surface area contributed by atoms with Crippen LogP contribution < -0.4 is 14.8 Å². The van der Waals surface area contributed by atoms with Crippen LogP contribution in [0.3, 0.4) is 0 Å². The minimum atomic E-state index is 0.485. The molecule has 1 atom stereocenters. The van der Waals surface area contributed by atoms with Gasteiger partial charge < -0.3 is 19.7 Å². The highest BCUT2D eigenvalue weighted by Gasteiger charge is 2.16. The maximum absolute atomic E-state index is 9.70. The standard InChI is InChI=1S/C27H33N5O2S.C2H6/c1-4-8-32(17-19(2)13-29-15-21-10-27-26(16-30-21)34-18-35-27)9-7-23-20(12-28)14-31-25-6-5-22(33-3)11-24(23)25;1-2/h5-6,10-11,14,16,19,29H,4,7-9,13,15,17-18H2,1-3H3;1-2H3. The Kier molecular flexibility index (Phi) is 11.5. The molecule has 0 aliphatic carbocycles. The summed E-state index contributed by atoms with van der Waals surface area (Å²) in [6, 6.07) is 10.3. The first-order valence-electron chi connectivity index (χ1n) is 13.1. The molecule has 0 saturated heterocycles. The summed E-state index contributed by atoms with van der Waals surface area (Å²) in [5.41, 5.74) is 3.63. The van der Waals surface area contributed by atoms with E-state index >= 15 is 0 Å². The molecule has 3 aromatic rings. The zero-order chi connectivity index (χ0) is 26.6. The molecular formula is C29H39N5O2S. The molecule has 198 valence electrons. The Morgan fingerprint density at radius 3 is 2.81 bits per heavy atom. The lowest BCUT2D eigenvalue weighted by Gasteiger charge is -2.26. The summed E-state index contributed by atoms with van der Waals surface area (Å²) in [6.45, 7) is 13.1. The topological polar surface area (TPSA) is 83.3 Å². The summed E-state index contributed by atoms with van der Waals surface area (Å²) in [5, 5.41) is 14.3. The van der Waals surface area contributed by atoms with Gasteiger partial charge in [-0.05, 0) is 61.7 Å². The molecule has 2 aromatic heterocycles. The fourth-order valence-electron chi connectivity index (χ4n) is 4.49. The third kappa shape index (κ3) is 7.81. The number of fused-ring (bicyclic) bond motifs is 2. The maximum Gasteiger partial charge on any atom is 0.152 e. The smallest absolute Gasteiger partial charge is 0.152 e. The lowest BCUT2D eigenvalue weighted by molar-refractivity contribution is 0.237. The van der Waals surface area contributed by atoms with Crippen molar-refractivity contribution < 1.29 is 9.47 Å². The molecule has 3 heterocycles. The molecule has 1 aromatic carbocycles. The highest BCUT2D eigenvalue weighted by atomic mass is 32.2. The number of nitriles is 1. The summed E-state index contributed by atoms with van der Waals surface area (Å²) in [7, 11) is 1.66. The van der Waals surface area contributed by atoms with Gasteiger partial charge in [-0.2, -0.15) is 5.26 Å². The molecule has 1 N–H and O–H groups in total. The molecule has 0 fully saturated rings. The van der Waals surface area contributed by atoms with E-state index in [0.717, 1.165) is 79.2 Å². The minimum absolute atomic E-state index is 0.485. The average molecular weight is 522 g/mol. The Labute approximate surface area is 225 Å². The summed E-state index contributed by atoms with van der Waals surface area (Å²) < 4.78 is 10.9. The fourth-order valence-corrected chi connectivity index (χ4v) is 5.28. The lowest BCUT2D eigenvalue weighted by Crippen LogP contribution is -2.35. The molecule has 1 aliphatic heterocycles. The highest BCUT2D eigenvalue weighted by Crippen LogP contribution is 2.35. The van der Waals surface area contributed by atoms with E-state index in [9.17, 15) is 5.26 Å². The van der Waals surface area contributed by atoms with Crippen LogP contribution in [0.4, 0.5) is 0 Å². The Morgan fingerprint density at radius 1 is 1.22 bits per heavy atom. The second-order valence-electron chi connectivity index (χ2n) is 8.96. The first kappa shape index (κ1) is 28.7. The number of nitrogens with one attached hydrogen (secondary N) is 1. The van der Waals surface area contributed by atoms with E-state index in [0.29, 0.717) is 17.4 Å². The normalized spacial score (nSPS) is 12.9. The molecular weight excluding hydrogens is 482 g/mol. The van der Waals surface area contributed by atoms with E-state index in [2.05, 4.69) is 46.2 Å². The van der Waals surface area contributed by atoms with Gasteiger partial charge in [-0.3, -0.25) is 9.97 Å². The SMILES string of the molecule is CC.CCCN(CCc1c(C#N)cnc2ccc(OC)cc12)CC(C)CNCc1cc2c(cn1)OCS2. The zero-order valence-electron chi connectivity index (χ0n) is 22.7. The quantitative estimate of drug-likeness (QED) is 0.327. The number of nitrogens with zero attached hydrogens (tertiary/aromatic N) is 4. The van der Waals surface area contributed by atoms with Crippen molar-refractivity contribution in [2.75, 3.05) is 39.2 Å². The zero-order valence-corrected chi connectivity index (χ0v) is 23.5. The second kappa shape index (κ2) is 14.8. The van der Waals surface area contributed by atoms with Crippen molar-refractivity contribution in [3.8, 4) is 17.6 Å². The number of ether oxygens (including phenoxy) is 2. The molecule has 0 amide bonds. The van der Waals surface area contributed by atoms with Crippen molar-refractivity contribution in [1.82, 2.24) is 20.2 Å². The molecule has 0 spiro atoms. The van der Waals surface area contributed by atoms with Gasteiger partial charge in [0, 0.05) is 31.2 Å². The van der Waals surface area contributed by atoms with E-state index in [1.807, 2.05) is 38.2 Å². The van der Waals surface area contributed by atoms with E-state index in [4.69, 9.17) is 9.47 Å². The van der Waals surface area contributed by atoms with Gasteiger partial charge in [0.15, 0.2) is 5.75 Å². The van der Waals surface area contributed by atoms with E-state index in [-0.39, 0.29) is 0 Å². The average Bonchev–Trinajstić information content (AvgIpc) is 3.40. The molecule has 8 heteroatoms. The van der Waals surface area contributed by atoms with Crippen LogP contribution >= 0.6 is 11.8 Å². The van der Waals surface area contributed by atoms with Crippen LogP contribution in [-0.2, 0) is 13.0 Å². The number of pyridine rings is 2. The van der Waals surface area contributed by atoms with Crippen molar-refractivity contribution in [3.63, 3.8) is 0 Å². The van der Waals surface area contributed by atoms with Crippen LogP contribution in [0, 0.1) is 17.2 Å². The van der Waals surface area contributed by atoms with Crippen LogP contribution in [0.1, 0.15) is 50.9 Å². The minimum Gasteiger partial charge on any atom is -0.497 e. The van der Waals surface area contributed by atoms with Gasteiger partial charge in [0.05, 0.1) is 35.0 Å². The highest BCUT2D eigenvalue weighted by molar-refractivity contribution is 7.99. The summed E-state index contributed by atoms with van der Waals surface area (Å²) >= 11 is 1.72. The van der Waals surface area contributed by atoms with Crippen molar-refractivity contribution >= 4 is 22.7 Å². The number of rotatable bonds is 12. The van der Waals surface area contributed by atoms with E-state index in [1.54, 1.807) is 25.1 Å². The molecule has 4 rings (SSSR count). The van der Waals surface area contributed by atoms with Crippen LogP contribution in [0.15, 0.2) is 41.6 Å². The largest absolute Gasteiger partial charge is 0.497 e. The Morgan fingerprint density at radius 2 is 2.05 bits per heavy atom. The molecule has 0 radical (unpaired) electrons. The summed E-state index contributed by atoms with van der Waals surface area (Å²) in [6.07, 6.45) is 5.41. The van der Waals surface area contributed by atoms with Crippen molar-refractivity contribution in [2.45, 2.75) is 52.0 Å².